The van der Waals surface area contributed by atoms with E-state index in [-0.39, 0.29) is 18.9 Å². The predicted molar refractivity (Wildman–Crippen MR) is 76.8 cm³/mol. The van der Waals surface area contributed by atoms with Gasteiger partial charge in [0.1, 0.15) is 11.6 Å². The van der Waals surface area contributed by atoms with Crippen LogP contribution in [0, 0.1) is 25.0 Å². The maximum absolute atomic E-state index is 13.7. The molecule has 5 heteroatoms. The Kier molecular flexibility index (Phi) is 4.93. The Morgan fingerprint density at radius 2 is 1.95 bits per heavy atom. The molecule has 1 aromatic carbocycles. The molecule has 2 fully saturated rings. The summed E-state index contributed by atoms with van der Waals surface area (Å²) in [5, 5.41) is 0. The predicted octanol–water partition coefficient (Wildman–Crippen LogP) is 2.46. The van der Waals surface area contributed by atoms with Gasteiger partial charge >= 0.3 is 0 Å². The van der Waals surface area contributed by atoms with Gasteiger partial charge in [-0.25, -0.2) is 8.78 Å². The van der Waals surface area contributed by atoms with Gasteiger partial charge in [0.05, 0.1) is 5.56 Å². The van der Waals surface area contributed by atoms with Crippen molar-refractivity contribution in [3.63, 3.8) is 0 Å². The normalized spacial score (nSPS) is 25.0. The second-order valence-electron chi connectivity index (χ2n) is 5.68. The van der Waals surface area contributed by atoms with E-state index in [0.29, 0.717) is 19.0 Å². The number of nitrogens with zero attached hydrogens (tertiary/aromatic N) is 2. The smallest absolute Gasteiger partial charge is 0.256 e. The summed E-state index contributed by atoms with van der Waals surface area (Å²) in [7, 11) is 0. The molecular weight excluding hydrogens is 274 g/mol. The van der Waals surface area contributed by atoms with Crippen LogP contribution in [0.4, 0.5) is 8.78 Å². The zero-order valence-electron chi connectivity index (χ0n) is 12.0. The number of hydrogen-bond acceptors (Lipinski definition) is 2. The molecule has 3 nitrogen and oxygen atoms in total. The van der Waals surface area contributed by atoms with E-state index < -0.39 is 11.6 Å². The molecular formula is C16H20F2N2O. The van der Waals surface area contributed by atoms with Crippen LogP contribution in [0.15, 0.2) is 18.2 Å². The van der Waals surface area contributed by atoms with Crippen molar-refractivity contribution in [3.05, 3.63) is 42.8 Å². The molecule has 0 aromatic heterocycles. The number of amides is 1. The average Bonchev–Trinajstić information content (AvgIpc) is 2.56. The fraction of sp³-hybridized carbons (Fsp3) is 0.500. The summed E-state index contributed by atoms with van der Waals surface area (Å²) in [5.74, 6) is -1.28. The van der Waals surface area contributed by atoms with Gasteiger partial charge in [-0.15, -0.1) is 0 Å². The lowest BCUT2D eigenvalue weighted by Crippen LogP contribution is -2.36. The van der Waals surface area contributed by atoms with Crippen LogP contribution in [-0.4, -0.2) is 48.4 Å². The monoisotopic (exact) mass is 294 g/mol. The van der Waals surface area contributed by atoms with Gasteiger partial charge in [0.15, 0.2) is 0 Å². The van der Waals surface area contributed by atoms with Crippen molar-refractivity contribution in [1.29, 1.82) is 0 Å². The van der Waals surface area contributed by atoms with Crippen LogP contribution in [0.3, 0.4) is 0 Å². The maximum atomic E-state index is 13.7. The second kappa shape index (κ2) is 6.52. The highest BCUT2D eigenvalue weighted by Crippen LogP contribution is 2.22. The third-order valence-electron chi connectivity index (χ3n) is 4.22. The van der Waals surface area contributed by atoms with E-state index in [4.69, 9.17) is 0 Å². The van der Waals surface area contributed by atoms with E-state index in [1.54, 1.807) is 4.90 Å². The van der Waals surface area contributed by atoms with E-state index >= 15 is 0 Å². The molecule has 2 bridgehead atoms. The van der Waals surface area contributed by atoms with E-state index in [1.165, 1.54) is 6.07 Å². The van der Waals surface area contributed by atoms with Crippen molar-refractivity contribution in [2.24, 2.45) is 5.92 Å². The molecule has 0 aliphatic carbocycles. The van der Waals surface area contributed by atoms with E-state index in [1.807, 2.05) is 0 Å². The summed E-state index contributed by atoms with van der Waals surface area (Å²) >= 11 is 0. The molecule has 2 saturated heterocycles. The van der Waals surface area contributed by atoms with Gasteiger partial charge in [-0.3, -0.25) is 4.79 Å². The molecule has 0 N–H and O–H groups in total. The maximum Gasteiger partial charge on any atom is 0.256 e. The van der Waals surface area contributed by atoms with Crippen LogP contribution in [0.5, 0.6) is 0 Å². The number of piperidine rings is 1. The summed E-state index contributed by atoms with van der Waals surface area (Å²) in [5.41, 5.74) is -0.0298. The first kappa shape index (κ1) is 15.9. The quantitative estimate of drug-likeness (QED) is 0.794. The number of hydrogen-bond donors (Lipinski definition) is 0. The van der Waals surface area contributed by atoms with Crippen LogP contribution in [-0.2, 0) is 0 Å². The number of carbonyl (C=O) groups excluding carboxylic acids is 1. The van der Waals surface area contributed by atoms with Crippen LogP contribution in [0.25, 0.3) is 0 Å². The molecule has 1 amide bonds. The van der Waals surface area contributed by atoms with Crippen molar-refractivity contribution in [1.82, 2.24) is 9.80 Å². The first-order valence-corrected chi connectivity index (χ1v) is 7.10. The SMILES string of the molecule is O=C(c1ccc(F)cc1F)N1CCN2CCCC(C2)C1.[CH2]. The number of halogens is 2. The zero-order chi connectivity index (χ0) is 14.1. The molecule has 114 valence electrons. The standard InChI is InChI=1S/C15H18F2N2O.CH2/c16-12-3-4-13(14(17)8-12)15(20)19-7-6-18-5-1-2-11(9-18)10-19;/h3-4,8,11H,1-2,5-7,9-10H2;1H2. The third kappa shape index (κ3) is 3.40. The minimum Gasteiger partial charge on any atom is -0.337 e. The van der Waals surface area contributed by atoms with E-state index in [2.05, 4.69) is 4.90 Å². The molecule has 0 spiro atoms. The van der Waals surface area contributed by atoms with Crippen molar-refractivity contribution < 1.29 is 13.6 Å². The van der Waals surface area contributed by atoms with Crippen molar-refractivity contribution >= 4 is 5.91 Å². The molecule has 3 rings (SSSR count). The van der Waals surface area contributed by atoms with Crippen molar-refractivity contribution in [2.45, 2.75) is 12.8 Å². The summed E-state index contributed by atoms with van der Waals surface area (Å²) in [6.07, 6.45) is 2.28. The summed E-state index contributed by atoms with van der Waals surface area (Å²) in [6, 6.07) is 3.15. The first-order valence-electron chi connectivity index (χ1n) is 7.10. The number of carbonyl (C=O) groups is 1. The number of fused-ring (bicyclic) bond motifs is 2. The molecule has 2 aliphatic rings. The van der Waals surface area contributed by atoms with Gasteiger partial charge < -0.3 is 9.80 Å². The van der Waals surface area contributed by atoms with Gasteiger partial charge in [-0.2, -0.15) is 0 Å². The van der Waals surface area contributed by atoms with Gasteiger partial charge in [0.25, 0.3) is 5.91 Å². The molecule has 0 saturated carbocycles. The summed E-state index contributed by atoms with van der Waals surface area (Å²) in [6.45, 7) is 4.24. The first-order chi connectivity index (χ1) is 9.63. The number of benzene rings is 1. The zero-order valence-corrected chi connectivity index (χ0v) is 12.0. The Bertz CT molecular complexity index is 521. The lowest BCUT2D eigenvalue weighted by molar-refractivity contribution is 0.0741. The molecule has 2 heterocycles. The Balaban J connectivity index is 0.00000161. The van der Waals surface area contributed by atoms with Crippen molar-refractivity contribution in [2.75, 3.05) is 32.7 Å². The van der Waals surface area contributed by atoms with Gasteiger partial charge in [-0.05, 0) is 37.4 Å². The van der Waals surface area contributed by atoms with Gasteiger partial charge in [0.2, 0.25) is 0 Å². The minimum atomic E-state index is -0.775. The molecule has 21 heavy (non-hydrogen) atoms. The molecule has 2 unspecified atom stereocenters. The minimum absolute atomic E-state index is 0. The average molecular weight is 294 g/mol. The lowest BCUT2D eigenvalue weighted by Gasteiger charge is -2.29. The summed E-state index contributed by atoms with van der Waals surface area (Å²) < 4.78 is 26.7. The Morgan fingerprint density at radius 3 is 2.71 bits per heavy atom. The Morgan fingerprint density at radius 1 is 1.14 bits per heavy atom. The Labute approximate surface area is 124 Å². The fourth-order valence-electron chi connectivity index (χ4n) is 3.19. The highest BCUT2D eigenvalue weighted by molar-refractivity contribution is 5.94. The topological polar surface area (TPSA) is 23.6 Å². The van der Waals surface area contributed by atoms with Crippen LogP contribution in [0.2, 0.25) is 0 Å². The second-order valence-corrected chi connectivity index (χ2v) is 5.68. The third-order valence-corrected chi connectivity index (χ3v) is 4.22. The molecule has 2 radical (unpaired) electrons. The van der Waals surface area contributed by atoms with Crippen LogP contribution >= 0.6 is 0 Å². The highest BCUT2D eigenvalue weighted by Gasteiger charge is 2.29. The molecule has 2 aliphatic heterocycles. The van der Waals surface area contributed by atoms with Gasteiger partial charge in [-0.1, -0.05) is 7.43 Å². The fourth-order valence-corrected chi connectivity index (χ4v) is 3.19. The van der Waals surface area contributed by atoms with Crippen LogP contribution < -0.4 is 0 Å². The molecule has 1 aromatic rings. The van der Waals surface area contributed by atoms with E-state index in [0.717, 1.165) is 44.6 Å². The van der Waals surface area contributed by atoms with Gasteiger partial charge in [0, 0.05) is 32.2 Å². The number of rotatable bonds is 1. The highest BCUT2D eigenvalue weighted by atomic mass is 19.1. The van der Waals surface area contributed by atoms with E-state index in [9.17, 15) is 13.6 Å². The van der Waals surface area contributed by atoms with Crippen LogP contribution in [0.1, 0.15) is 23.2 Å². The lowest BCUT2D eigenvalue weighted by atomic mass is 9.98. The van der Waals surface area contributed by atoms with Crippen molar-refractivity contribution in [3.8, 4) is 0 Å². The Hall–Kier alpha value is -1.49. The summed E-state index contributed by atoms with van der Waals surface area (Å²) in [4.78, 5) is 16.5. The molecule has 2 atom stereocenters. The largest absolute Gasteiger partial charge is 0.337 e.